The maximum absolute atomic E-state index is 14.0. The summed E-state index contributed by atoms with van der Waals surface area (Å²) in [6.07, 6.45) is 4.06. The molecule has 2 amide bonds. The highest BCUT2D eigenvalue weighted by molar-refractivity contribution is 5.95. The molecule has 0 aliphatic carbocycles. The minimum atomic E-state index is -0.545. The minimum absolute atomic E-state index is 0.0485. The number of carbonyl (C=O) groups is 2. The topological polar surface area (TPSA) is 65.6 Å². The molecule has 7 heteroatoms. The van der Waals surface area contributed by atoms with Crippen LogP contribution in [0.3, 0.4) is 0 Å². The van der Waals surface area contributed by atoms with Gasteiger partial charge in [-0.1, -0.05) is 0 Å². The molecule has 1 aromatic heterocycles. The van der Waals surface area contributed by atoms with Crippen LogP contribution in [0.4, 0.5) is 4.39 Å². The van der Waals surface area contributed by atoms with E-state index in [0.29, 0.717) is 44.8 Å². The highest BCUT2D eigenvalue weighted by Crippen LogP contribution is 2.20. The standard InChI is InChI=1S/C19H22FN3O3/c1-2-26-17-5-4-14(12-16(17)20)18(24)22-8-3-9-23(11-10-22)19(25)15-6-7-21-13-15/h4-7,12-13,21H,2-3,8-11H2,1H3. The van der Waals surface area contributed by atoms with Crippen molar-refractivity contribution in [3.05, 3.63) is 53.6 Å². The first-order valence-electron chi connectivity index (χ1n) is 8.74. The number of ether oxygens (including phenoxy) is 1. The van der Waals surface area contributed by atoms with Crippen LogP contribution in [-0.4, -0.2) is 59.4 Å². The Morgan fingerprint density at radius 1 is 1.08 bits per heavy atom. The average Bonchev–Trinajstić information content (AvgIpc) is 3.07. The van der Waals surface area contributed by atoms with Gasteiger partial charge in [-0.05, 0) is 37.6 Å². The van der Waals surface area contributed by atoms with Gasteiger partial charge in [-0.15, -0.1) is 0 Å². The van der Waals surface area contributed by atoms with Crippen LogP contribution in [0.15, 0.2) is 36.7 Å². The SMILES string of the molecule is CCOc1ccc(C(=O)N2CCCN(C(=O)c3cc[nH]c3)CC2)cc1F. The van der Waals surface area contributed by atoms with Crippen LogP contribution < -0.4 is 4.74 Å². The molecule has 0 saturated carbocycles. The van der Waals surface area contributed by atoms with E-state index in [-0.39, 0.29) is 23.1 Å². The van der Waals surface area contributed by atoms with Crippen molar-refractivity contribution in [1.82, 2.24) is 14.8 Å². The first kappa shape index (κ1) is 18.0. The zero-order chi connectivity index (χ0) is 18.5. The number of hydrogen-bond acceptors (Lipinski definition) is 3. The third kappa shape index (κ3) is 3.87. The molecule has 138 valence electrons. The lowest BCUT2D eigenvalue weighted by molar-refractivity contribution is 0.0718. The van der Waals surface area contributed by atoms with Gasteiger partial charge in [-0.25, -0.2) is 4.39 Å². The lowest BCUT2D eigenvalue weighted by Gasteiger charge is -2.22. The minimum Gasteiger partial charge on any atom is -0.491 e. The smallest absolute Gasteiger partial charge is 0.255 e. The second kappa shape index (κ2) is 8.03. The van der Waals surface area contributed by atoms with Gasteiger partial charge in [0.2, 0.25) is 0 Å². The number of aromatic nitrogens is 1. The maximum atomic E-state index is 14.0. The van der Waals surface area contributed by atoms with Crippen molar-refractivity contribution in [2.75, 3.05) is 32.8 Å². The first-order valence-corrected chi connectivity index (χ1v) is 8.74. The molecule has 1 aliphatic rings. The van der Waals surface area contributed by atoms with Crippen molar-refractivity contribution in [2.45, 2.75) is 13.3 Å². The number of benzene rings is 1. The van der Waals surface area contributed by atoms with Gasteiger partial charge >= 0.3 is 0 Å². The number of hydrogen-bond donors (Lipinski definition) is 1. The number of carbonyl (C=O) groups excluding carboxylic acids is 2. The number of nitrogens with zero attached hydrogens (tertiary/aromatic N) is 2. The third-order valence-electron chi connectivity index (χ3n) is 4.39. The molecule has 6 nitrogen and oxygen atoms in total. The van der Waals surface area contributed by atoms with Crippen molar-refractivity contribution in [3.63, 3.8) is 0 Å². The monoisotopic (exact) mass is 359 g/mol. The van der Waals surface area contributed by atoms with Crippen molar-refractivity contribution in [2.24, 2.45) is 0 Å². The number of H-pyrrole nitrogens is 1. The molecule has 0 atom stereocenters. The van der Waals surface area contributed by atoms with Crippen LogP contribution in [-0.2, 0) is 0 Å². The Labute approximate surface area is 151 Å². The zero-order valence-electron chi connectivity index (χ0n) is 14.7. The average molecular weight is 359 g/mol. The summed E-state index contributed by atoms with van der Waals surface area (Å²) in [4.78, 5) is 31.4. The van der Waals surface area contributed by atoms with Crippen molar-refractivity contribution in [3.8, 4) is 5.75 Å². The predicted molar refractivity (Wildman–Crippen MR) is 94.8 cm³/mol. The van der Waals surface area contributed by atoms with Gasteiger partial charge in [0, 0.05) is 44.1 Å². The Kier molecular flexibility index (Phi) is 5.55. The Hall–Kier alpha value is -2.83. The fraction of sp³-hybridized carbons (Fsp3) is 0.368. The van der Waals surface area contributed by atoms with Crippen LogP contribution in [0.25, 0.3) is 0 Å². The van der Waals surface area contributed by atoms with Gasteiger partial charge < -0.3 is 19.5 Å². The summed E-state index contributed by atoms with van der Waals surface area (Å²) in [6, 6.07) is 6.00. The molecule has 1 aromatic carbocycles. The molecule has 3 rings (SSSR count). The van der Waals surface area contributed by atoms with E-state index >= 15 is 0 Å². The summed E-state index contributed by atoms with van der Waals surface area (Å²) in [7, 11) is 0. The van der Waals surface area contributed by atoms with Crippen LogP contribution in [0, 0.1) is 5.82 Å². The number of nitrogens with one attached hydrogen (secondary N) is 1. The predicted octanol–water partition coefficient (Wildman–Crippen LogP) is 2.54. The van der Waals surface area contributed by atoms with Crippen LogP contribution in [0.2, 0.25) is 0 Å². The molecule has 1 N–H and O–H groups in total. The third-order valence-corrected chi connectivity index (χ3v) is 4.39. The van der Waals surface area contributed by atoms with Gasteiger partial charge in [0.1, 0.15) is 0 Å². The summed E-state index contributed by atoms with van der Waals surface area (Å²) >= 11 is 0. The zero-order valence-corrected chi connectivity index (χ0v) is 14.7. The lowest BCUT2D eigenvalue weighted by Crippen LogP contribution is -2.37. The molecule has 2 heterocycles. The van der Waals surface area contributed by atoms with Gasteiger partial charge in [0.15, 0.2) is 11.6 Å². The van der Waals surface area contributed by atoms with Crippen LogP contribution in [0.5, 0.6) is 5.75 Å². The highest BCUT2D eigenvalue weighted by atomic mass is 19.1. The molecule has 0 bridgehead atoms. The van der Waals surface area contributed by atoms with E-state index in [1.165, 1.54) is 12.1 Å². The second-order valence-corrected chi connectivity index (χ2v) is 6.12. The number of halogens is 1. The summed E-state index contributed by atoms with van der Waals surface area (Å²) < 4.78 is 19.2. The molecule has 1 saturated heterocycles. The Morgan fingerprint density at radius 2 is 1.77 bits per heavy atom. The Morgan fingerprint density at radius 3 is 2.35 bits per heavy atom. The van der Waals surface area contributed by atoms with E-state index in [2.05, 4.69) is 4.98 Å². The largest absolute Gasteiger partial charge is 0.491 e. The van der Waals surface area contributed by atoms with E-state index in [9.17, 15) is 14.0 Å². The van der Waals surface area contributed by atoms with E-state index < -0.39 is 5.82 Å². The number of rotatable bonds is 4. The Bertz CT molecular complexity index is 776. The van der Waals surface area contributed by atoms with Gasteiger partial charge in [0.25, 0.3) is 11.8 Å². The second-order valence-electron chi connectivity index (χ2n) is 6.12. The van der Waals surface area contributed by atoms with Gasteiger partial charge in [0.05, 0.1) is 12.2 Å². The van der Waals surface area contributed by atoms with E-state index in [1.54, 1.807) is 41.2 Å². The molecule has 2 aromatic rings. The van der Waals surface area contributed by atoms with Crippen LogP contribution in [0.1, 0.15) is 34.1 Å². The maximum Gasteiger partial charge on any atom is 0.255 e. The molecule has 1 aliphatic heterocycles. The van der Waals surface area contributed by atoms with Gasteiger partial charge in [-0.3, -0.25) is 9.59 Å². The number of amides is 2. The fourth-order valence-corrected chi connectivity index (χ4v) is 3.05. The quantitative estimate of drug-likeness (QED) is 0.912. The van der Waals surface area contributed by atoms with Crippen LogP contribution >= 0.6 is 0 Å². The molecular formula is C19H22FN3O3. The van der Waals surface area contributed by atoms with E-state index in [4.69, 9.17) is 4.74 Å². The van der Waals surface area contributed by atoms with E-state index in [1.807, 2.05) is 0 Å². The molecule has 0 radical (unpaired) electrons. The van der Waals surface area contributed by atoms with Crippen molar-refractivity contribution < 1.29 is 18.7 Å². The molecule has 0 unspecified atom stereocenters. The lowest BCUT2D eigenvalue weighted by atomic mass is 10.1. The molecule has 26 heavy (non-hydrogen) atoms. The summed E-state index contributed by atoms with van der Waals surface area (Å²) in [6.45, 7) is 4.13. The normalized spacial score (nSPS) is 14.8. The summed E-state index contributed by atoms with van der Waals surface area (Å²) in [5.74, 6) is -0.685. The van der Waals surface area contributed by atoms with E-state index in [0.717, 1.165) is 0 Å². The Balaban J connectivity index is 1.66. The van der Waals surface area contributed by atoms with Crippen molar-refractivity contribution >= 4 is 11.8 Å². The summed E-state index contributed by atoms with van der Waals surface area (Å²) in [5, 5.41) is 0. The molecular weight excluding hydrogens is 337 g/mol. The molecule has 0 spiro atoms. The first-order chi connectivity index (χ1) is 12.6. The van der Waals surface area contributed by atoms with Crippen molar-refractivity contribution in [1.29, 1.82) is 0 Å². The fourth-order valence-electron chi connectivity index (χ4n) is 3.05. The highest BCUT2D eigenvalue weighted by Gasteiger charge is 2.24. The molecule has 1 fully saturated rings. The number of aromatic amines is 1. The van der Waals surface area contributed by atoms with Gasteiger partial charge in [-0.2, -0.15) is 0 Å². The summed E-state index contributed by atoms with van der Waals surface area (Å²) in [5.41, 5.74) is 0.898.